The van der Waals surface area contributed by atoms with Gasteiger partial charge in [-0.05, 0) is 109 Å². The minimum absolute atomic E-state index is 0.101. The van der Waals surface area contributed by atoms with Crippen LogP contribution in [0.5, 0.6) is 0 Å². The molecule has 0 fully saturated rings. The van der Waals surface area contributed by atoms with Crippen LogP contribution >= 0.6 is 0 Å². The van der Waals surface area contributed by atoms with Crippen molar-refractivity contribution in [2.45, 2.75) is 309 Å². The first-order valence-electron chi connectivity index (χ1n) is 32.4. The van der Waals surface area contributed by atoms with E-state index in [2.05, 4.69) is 130 Å². The molecule has 0 aromatic carbocycles. The van der Waals surface area contributed by atoms with Crippen LogP contribution in [0.2, 0.25) is 0 Å². The predicted molar refractivity (Wildman–Crippen MR) is 334 cm³/mol. The number of rotatable bonds is 58. The van der Waals surface area contributed by atoms with E-state index in [1.165, 1.54) is 141 Å². The van der Waals surface area contributed by atoms with Gasteiger partial charge in [0.25, 0.3) is 0 Å². The fraction of sp³-hybridized carbons (Fsp3) is 0.704. The summed E-state index contributed by atoms with van der Waals surface area (Å²) in [5.74, 6) is -0.956. The fourth-order valence-electron chi connectivity index (χ4n) is 8.92. The summed E-state index contributed by atoms with van der Waals surface area (Å²) >= 11 is 0. The summed E-state index contributed by atoms with van der Waals surface area (Å²) in [5, 5.41) is 0. The van der Waals surface area contributed by atoms with Crippen molar-refractivity contribution in [3.63, 3.8) is 0 Å². The Balaban J connectivity index is 4.48. The van der Waals surface area contributed by atoms with Gasteiger partial charge >= 0.3 is 17.9 Å². The molecule has 0 N–H and O–H groups in total. The Labute approximate surface area is 476 Å². The van der Waals surface area contributed by atoms with E-state index in [9.17, 15) is 14.4 Å². The minimum atomic E-state index is -0.811. The average Bonchev–Trinajstić information content (AvgIpc) is 3.43. The second-order valence-electron chi connectivity index (χ2n) is 21.3. The predicted octanol–water partition coefficient (Wildman–Crippen LogP) is 22.2. The Kier molecular flexibility index (Phi) is 61.3. The number of ether oxygens (including phenoxy) is 3. The van der Waals surface area contributed by atoms with Gasteiger partial charge in [-0.25, -0.2) is 0 Å². The maximum atomic E-state index is 12.9. The van der Waals surface area contributed by atoms with Gasteiger partial charge in [0.2, 0.25) is 0 Å². The van der Waals surface area contributed by atoms with Gasteiger partial charge in [0.1, 0.15) is 13.2 Å². The van der Waals surface area contributed by atoms with E-state index in [-0.39, 0.29) is 37.5 Å². The largest absolute Gasteiger partial charge is 0.462 e. The molecule has 0 aliphatic carbocycles. The zero-order chi connectivity index (χ0) is 55.7. The van der Waals surface area contributed by atoms with Crippen LogP contribution in [0.4, 0.5) is 0 Å². The Morgan fingerprint density at radius 3 is 0.818 bits per heavy atom. The van der Waals surface area contributed by atoms with Crippen LogP contribution in [0.15, 0.2) is 109 Å². The molecular formula is C71H120O6. The van der Waals surface area contributed by atoms with Crippen molar-refractivity contribution in [1.82, 2.24) is 0 Å². The van der Waals surface area contributed by atoms with E-state index in [0.29, 0.717) is 12.8 Å². The lowest BCUT2D eigenvalue weighted by molar-refractivity contribution is -0.167. The molecule has 1 atom stereocenters. The van der Waals surface area contributed by atoms with E-state index in [0.717, 1.165) is 122 Å². The van der Waals surface area contributed by atoms with Gasteiger partial charge in [-0.1, -0.05) is 284 Å². The molecule has 0 unspecified atom stereocenters. The van der Waals surface area contributed by atoms with E-state index < -0.39 is 6.10 Å². The lowest BCUT2D eigenvalue weighted by atomic mass is 10.0. The van der Waals surface area contributed by atoms with E-state index in [4.69, 9.17) is 14.2 Å². The highest BCUT2D eigenvalue weighted by atomic mass is 16.6. The third kappa shape index (κ3) is 62.8. The summed E-state index contributed by atoms with van der Waals surface area (Å²) < 4.78 is 16.9. The van der Waals surface area contributed by atoms with Crippen LogP contribution < -0.4 is 0 Å². The molecule has 0 saturated heterocycles. The third-order valence-electron chi connectivity index (χ3n) is 13.8. The summed E-state index contributed by atoms with van der Waals surface area (Å²) in [5.41, 5.74) is 0. The van der Waals surface area contributed by atoms with Gasteiger partial charge < -0.3 is 14.2 Å². The highest BCUT2D eigenvalue weighted by Crippen LogP contribution is 2.16. The molecule has 0 aromatic rings. The molecule has 0 spiro atoms. The molecule has 0 amide bonds. The Morgan fingerprint density at radius 2 is 0.506 bits per heavy atom. The lowest BCUT2D eigenvalue weighted by Gasteiger charge is -2.18. The monoisotopic (exact) mass is 1070 g/mol. The number of unbranched alkanes of at least 4 members (excludes halogenated alkanes) is 29. The van der Waals surface area contributed by atoms with Gasteiger partial charge in [-0.15, -0.1) is 0 Å². The Hall–Kier alpha value is -3.93. The number of hydrogen-bond donors (Lipinski definition) is 0. The van der Waals surface area contributed by atoms with Crippen LogP contribution in [-0.2, 0) is 28.6 Å². The molecule has 0 bridgehead atoms. The lowest BCUT2D eigenvalue weighted by Crippen LogP contribution is -2.30. The normalized spacial score (nSPS) is 12.8. The number of hydrogen-bond acceptors (Lipinski definition) is 6. The van der Waals surface area contributed by atoms with E-state index in [1.807, 2.05) is 0 Å². The molecule has 440 valence electrons. The van der Waals surface area contributed by atoms with Crippen molar-refractivity contribution in [1.29, 1.82) is 0 Å². The van der Waals surface area contributed by atoms with Crippen LogP contribution in [0.3, 0.4) is 0 Å². The summed E-state index contributed by atoms with van der Waals surface area (Å²) in [6.45, 7) is 6.47. The summed E-state index contributed by atoms with van der Waals surface area (Å²) in [6.07, 6.45) is 88.1. The molecule has 6 heteroatoms. The van der Waals surface area contributed by atoms with Crippen LogP contribution in [0, 0.1) is 0 Å². The number of allylic oxidation sites excluding steroid dienone is 18. The average molecular weight is 1070 g/mol. The molecule has 0 heterocycles. The zero-order valence-electron chi connectivity index (χ0n) is 50.4. The van der Waals surface area contributed by atoms with E-state index in [1.54, 1.807) is 0 Å². The topological polar surface area (TPSA) is 78.9 Å². The minimum Gasteiger partial charge on any atom is -0.462 e. The number of esters is 3. The fourth-order valence-corrected chi connectivity index (χ4v) is 8.92. The van der Waals surface area contributed by atoms with Crippen molar-refractivity contribution < 1.29 is 28.6 Å². The first kappa shape index (κ1) is 73.1. The number of carbonyl (C=O) groups is 3. The molecule has 77 heavy (non-hydrogen) atoms. The van der Waals surface area contributed by atoms with Gasteiger partial charge in [-0.3, -0.25) is 14.4 Å². The first-order valence-corrected chi connectivity index (χ1v) is 32.4. The summed E-state index contributed by atoms with van der Waals surface area (Å²) in [6, 6.07) is 0. The van der Waals surface area contributed by atoms with Crippen molar-refractivity contribution in [3.05, 3.63) is 109 Å². The van der Waals surface area contributed by atoms with Crippen LogP contribution in [0.1, 0.15) is 303 Å². The molecule has 0 saturated carbocycles. The molecule has 0 aromatic heterocycles. The maximum absolute atomic E-state index is 12.9. The van der Waals surface area contributed by atoms with Gasteiger partial charge in [0, 0.05) is 19.3 Å². The third-order valence-corrected chi connectivity index (χ3v) is 13.8. The van der Waals surface area contributed by atoms with Crippen molar-refractivity contribution in [2.75, 3.05) is 13.2 Å². The maximum Gasteiger partial charge on any atom is 0.306 e. The number of carbonyl (C=O) groups excluding carboxylic acids is 3. The van der Waals surface area contributed by atoms with Crippen LogP contribution in [-0.4, -0.2) is 37.2 Å². The highest BCUT2D eigenvalue weighted by Gasteiger charge is 2.19. The summed E-state index contributed by atoms with van der Waals surface area (Å²) in [7, 11) is 0. The van der Waals surface area contributed by atoms with Gasteiger partial charge in [0.05, 0.1) is 0 Å². The smallest absolute Gasteiger partial charge is 0.306 e. The molecule has 0 aliphatic heterocycles. The molecule has 6 nitrogen and oxygen atoms in total. The van der Waals surface area contributed by atoms with Gasteiger partial charge in [-0.2, -0.15) is 0 Å². The Morgan fingerprint density at radius 1 is 0.273 bits per heavy atom. The van der Waals surface area contributed by atoms with Crippen molar-refractivity contribution in [2.24, 2.45) is 0 Å². The molecular weight excluding hydrogens is 949 g/mol. The second-order valence-corrected chi connectivity index (χ2v) is 21.3. The SMILES string of the molecule is CC/C=C\C/C=C\C/C=C\C/C=C\C/C=C\CCCCCC(=O)O[C@H](COC(=O)CCCCC/C=C\C/C=C\C/C=C\C/C=C\CCCCC)COC(=O)CCCCCCCCCCCCCCCCCCCCCCC. The molecule has 0 radical (unpaired) electrons. The Bertz CT molecular complexity index is 1560. The molecule has 0 aliphatic rings. The standard InChI is InChI=1S/C71H120O6/c1-4-7-10-13-16-19-22-25-28-31-34-35-38-40-43-46-49-52-55-58-61-64-70(73)76-67-68(77-71(74)65-62-59-56-53-50-47-44-41-37-33-30-27-24-21-18-15-12-9-6-3)66-75-69(72)63-60-57-54-51-48-45-42-39-36-32-29-26-23-20-17-14-11-8-5-2/h9,12,17-18,20-21,26-27,29-30,36-37,39,41,45,47-48,50,68H,4-8,10-11,13-16,19,22-25,28,31-35,38,40,42-44,46,49,51-67H2,1-3H3/b12-9-,20-17-,21-18-,29-26-,30-27-,39-36-,41-37-,48-45-,50-47-/t68-/m1/s1. The highest BCUT2D eigenvalue weighted by molar-refractivity contribution is 5.71. The van der Waals surface area contributed by atoms with E-state index >= 15 is 0 Å². The summed E-state index contributed by atoms with van der Waals surface area (Å²) in [4.78, 5) is 38.4. The van der Waals surface area contributed by atoms with Crippen LogP contribution in [0.25, 0.3) is 0 Å². The van der Waals surface area contributed by atoms with Crippen molar-refractivity contribution in [3.8, 4) is 0 Å². The van der Waals surface area contributed by atoms with Gasteiger partial charge in [0.15, 0.2) is 6.10 Å². The second kappa shape index (κ2) is 64.6. The zero-order valence-corrected chi connectivity index (χ0v) is 50.4. The van der Waals surface area contributed by atoms with Crippen molar-refractivity contribution >= 4 is 17.9 Å². The quantitative estimate of drug-likeness (QED) is 0.0261. The first-order chi connectivity index (χ1) is 38.0. The molecule has 0 rings (SSSR count).